The van der Waals surface area contributed by atoms with Gasteiger partial charge in [0.25, 0.3) is 0 Å². The first-order chi connectivity index (χ1) is 6.79. The maximum atomic E-state index is 4.17. The summed E-state index contributed by atoms with van der Waals surface area (Å²) in [5, 5.41) is 3.33. The molecule has 2 nitrogen and oxygen atoms in total. The lowest BCUT2D eigenvalue weighted by molar-refractivity contribution is 0.655. The number of rotatable bonds is 5. The monoisotopic (exact) mass is 210 g/mol. The third kappa shape index (κ3) is 3.00. The summed E-state index contributed by atoms with van der Waals surface area (Å²) in [6, 6.07) is 2.49. The number of nitrogens with one attached hydrogen (secondary N) is 1. The third-order valence-corrected chi connectivity index (χ3v) is 3.27. The maximum Gasteiger partial charge on any atom is 0.0427 e. The first-order valence-electron chi connectivity index (χ1n) is 4.95. The average Bonchev–Trinajstić information content (AvgIpc) is 2.21. The molecule has 14 heavy (non-hydrogen) atoms. The topological polar surface area (TPSA) is 24.9 Å². The molecule has 1 aromatic heterocycles. The van der Waals surface area contributed by atoms with E-state index in [-0.39, 0.29) is 0 Å². The maximum absolute atomic E-state index is 4.17. The Morgan fingerprint density at radius 2 is 2.36 bits per heavy atom. The third-order valence-electron chi connectivity index (χ3n) is 2.29. The highest BCUT2D eigenvalue weighted by atomic mass is 32.2. The Morgan fingerprint density at radius 1 is 1.57 bits per heavy atom. The van der Waals surface area contributed by atoms with E-state index in [1.165, 1.54) is 11.1 Å². The summed E-state index contributed by atoms with van der Waals surface area (Å²) in [5.74, 6) is 2.27. The normalized spacial score (nSPS) is 12.8. The Kier molecular flexibility index (Phi) is 4.98. The van der Waals surface area contributed by atoms with Crippen molar-refractivity contribution in [1.82, 2.24) is 10.3 Å². The molecule has 0 spiro atoms. The summed E-state index contributed by atoms with van der Waals surface area (Å²) in [6.45, 7) is 4.32. The van der Waals surface area contributed by atoms with E-state index < -0.39 is 0 Å². The van der Waals surface area contributed by atoms with Gasteiger partial charge in [-0.3, -0.25) is 4.98 Å². The minimum absolute atomic E-state index is 0.425. The van der Waals surface area contributed by atoms with Crippen LogP contribution in [0.3, 0.4) is 0 Å². The van der Waals surface area contributed by atoms with Crippen molar-refractivity contribution in [2.45, 2.75) is 19.9 Å². The second-order valence-corrected chi connectivity index (χ2v) is 4.55. The molecule has 1 rings (SSSR count). The summed E-state index contributed by atoms with van der Waals surface area (Å²) in [5.41, 5.74) is 2.63. The fourth-order valence-electron chi connectivity index (χ4n) is 1.41. The van der Waals surface area contributed by atoms with Gasteiger partial charge in [-0.2, -0.15) is 11.8 Å². The Labute approximate surface area is 90.5 Å². The summed E-state index contributed by atoms with van der Waals surface area (Å²) < 4.78 is 0. The molecular weight excluding hydrogens is 192 g/mol. The van der Waals surface area contributed by atoms with Gasteiger partial charge in [0.2, 0.25) is 0 Å². The average molecular weight is 210 g/mol. The first kappa shape index (κ1) is 11.5. The Balaban J connectivity index is 2.73. The van der Waals surface area contributed by atoms with Crippen molar-refractivity contribution in [3.05, 3.63) is 29.6 Å². The first-order valence-corrected chi connectivity index (χ1v) is 6.10. The Hall–Kier alpha value is -0.540. The van der Waals surface area contributed by atoms with E-state index in [1.54, 1.807) is 0 Å². The molecule has 0 saturated carbocycles. The number of aryl methyl sites for hydroxylation is 1. The molecule has 0 radical (unpaired) electrons. The highest BCUT2D eigenvalue weighted by molar-refractivity contribution is 7.99. The van der Waals surface area contributed by atoms with E-state index in [0.29, 0.717) is 6.04 Å². The van der Waals surface area contributed by atoms with Crippen LogP contribution in [0, 0.1) is 6.92 Å². The van der Waals surface area contributed by atoms with Crippen LogP contribution in [-0.2, 0) is 0 Å². The van der Waals surface area contributed by atoms with Crippen molar-refractivity contribution >= 4 is 11.8 Å². The lowest BCUT2D eigenvalue weighted by Crippen LogP contribution is -2.20. The van der Waals surface area contributed by atoms with E-state index in [4.69, 9.17) is 0 Å². The summed E-state index contributed by atoms with van der Waals surface area (Å²) in [7, 11) is 2.01. The molecule has 0 bridgehead atoms. The van der Waals surface area contributed by atoms with Gasteiger partial charge in [-0.05, 0) is 36.9 Å². The van der Waals surface area contributed by atoms with Gasteiger partial charge in [-0.15, -0.1) is 0 Å². The number of nitrogens with zero attached hydrogens (tertiary/aromatic N) is 1. The molecule has 0 aliphatic carbocycles. The number of hydrogen-bond donors (Lipinski definition) is 1. The molecule has 1 atom stereocenters. The van der Waals surface area contributed by atoms with Gasteiger partial charge in [0.1, 0.15) is 0 Å². The van der Waals surface area contributed by atoms with Crippen LogP contribution >= 0.6 is 11.8 Å². The lowest BCUT2D eigenvalue weighted by atomic mass is 10.1. The van der Waals surface area contributed by atoms with Crippen molar-refractivity contribution in [2.75, 3.05) is 18.6 Å². The molecule has 1 unspecified atom stereocenters. The lowest BCUT2D eigenvalue weighted by Gasteiger charge is -2.17. The van der Waals surface area contributed by atoms with Crippen LogP contribution in [0.2, 0.25) is 0 Å². The Morgan fingerprint density at radius 3 is 2.93 bits per heavy atom. The predicted octanol–water partition coefficient (Wildman–Crippen LogP) is 2.40. The van der Waals surface area contributed by atoms with E-state index in [0.717, 1.165) is 11.5 Å². The molecule has 1 aromatic rings. The van der Waals surface area contributed by atoms with Crippen molar-refractivity contribution in [2.24, 2.45) is 0 Å². The van der Waals surface area contributed by atoms with E-state index in [2.05, 4.69) is 30.2 Å². The van der Waals surface area contributed by atoms with Crippen LogP contribution in [0.25, 0.3) is 0 Å². The number of thioether (sulfide) groups is 1. The van der Waals surface area contributed by atoms with Crippen LogP contribution in [0.1, 0.15) is 24.1 Å². The van der Waals surface area contributed by atoms with Gasteiger partial charge in [0, 0.05) is 24.2 Å². The van der Waals surface area contributed by atoms with Gasteiger partial charge >= 0.3 is 0 Å². The van der Waals surface area contributed by atoms with Gasteiger partial charge in [-0.25, -0.2) is 0 Å². The van der Waals surface area contributed by atoms with Crippen molar-refractivity contribution in [1.29, 1.82) is 0 Å². The molecule has 0 saturated heterocycles. The molecule has 1 heterocycles. The summed E-state index contributed by atoms with van der Waals surface area (Å²) in [6.07, 6.45) is 3.81. The smallest absolute Gasteiger partial charge is 0.0427 e. The van der Waals surface area contributed by atoms with Crippen molar-refractivity contribution in [3.63, 3.8) is 0 Å². The molecule has 3 heteroatoms. The van der Waals surface area contributed by atoms with Gasteiger partial charge < -0.3 is 5.32 Å². The fourth-order valence-corrected chi connectivity index (χ4v) is 2.22. The largest absolute Gasteiger partial charge is 0.312 e. The summed E-state index contributed by atoms with van der Waals surface area (Å²) in [4.78, 5) is 4.17. The molecule has 0 amide bonds. The zero-order valence-electron chi connectivity index (χ0n) is 9.08. The van der Waals surface area contributed by atoms with Crippen LogP contribution in [-0.4, -0.2) is 23.5 Å². The molecule has 0 fully saturated rings. The fraction of sp³-hybridized carbons (Fsp3) is 0.545. The zero-order valence-corrected chi connectivity index (χ0v) is 9.90. The molecule has 78 valence electrons. The molecule has 0 aromatic carbocycles. The highest BCUT2D eigenvalue weighted by Gasteiger charge is 2.10. The molecule has 0 aliphatic heterocycles. The van der Waals surface area contributed by atoms with E-state index in [9.17, 15) is 0 Å². The number of pyridine rings is 1. The highest BCUT2D eigenvalue weighted by Crippen LogP contribution is 2.19. The molecular formula is C11H18N2S. The van der Waals surface area contributed by atoms with Gasteiger partial charge in [-0.1, -0.05) is 6.92 Å². The predicted molar refractivity (Wildman–Crippen MR) is 63.8 cm³/mol. The van der Waals surface area contributed by atoms with Crippen LogP contribution in [0.15, 0.2) is 18.5 Å². The van der Waals surface area contributed by atoms with Crippen LogP contribution in [0.4, 0.5) is 0 Å². The SMILES string of the molecule is CCSCC(NC)c1cnccc1C. The summed E-state index contributed by atoms with van der Waals surface area (Å²) >= 11 is 1.95. The van der Waals surface area contributed by atoms with Gasteiger partial charge in [0.05, 0.1) is 0 Å². The Bertz CT molecular complexity index is 276. The number of hydrogen-bond acceptors (Lipinski definition) is 3. The standard InChI is InChI=1S/C11H18N2S/c1-4-14-8-11(12-3)10-7-13-6-5-9(10)2/h5-7,11-12H,4,8H2,1-3H3. The number of aromatic nitrogens is 1. The van der Waals surface area contributed by atoms with Crippen molar-refractivity contribution in [3.8, 4) is 0 Å². The quantitative estimate of drug-likeness (QED) is 0.808. The van der Waals surface area contributed by atoms with Gasteiger partial charge in [0.15, 0.2) is 0 Å². The van der Waals surface area contributed by atoms with E-state index in [1.807, 2.05) is 31.2 Å². The minimum atomic E-state index is 0.425. The molecule has 0 aliphatic rings. The minimum Gasteiger partial charge on any atom is -0.312 e. The van der Waals surface area contributed by atoms with Crippen LogP contribution < -0.4 is 5.32 Å². The molecule has 1 N–H and O–H groups in total. The zero-order chi connectivity index (χ0) is 10.4. The van der Waals surface area contributed by atoms with E-state index >= 15 is 0 Å². The second-order valence-electron chi connectivity index (χ2n) is 3.23. The van der Waals surface area contributed by atoms with Crippen LogP contribution in [0.5, 0.6) is 0 Å². The van der Waals surface area contributed by atoms with Crippen molar-refractivity contribution < 1.29 is 0 Å². The second kappa shape index (κ2) is 6.04.